The topological polar surface area (TPSA) is 206 Å². The van der Waals surface area contributed by atoms with Crippen molar-refractivity contribution in [3.8, 4) is 0 Å². The summed E-state index contributed by atoms with van der Waals surface area (Å²) in [5, 5.41) is 10.6. The number of urea groups is 1. The molecule has 1 unspecified atom stereocenters. The number of primary amides is 1. The molecular weight excluding hydrogens is 584 g/mol. The fourth-order valence-corrected chi connectivity index (χ4v) is 4.21. The molecule has 6 N–H and O–H groups in total. The maximum atomic E-state index is 13.3. The second kappa shape index (κ2) is 18.6. The number of nitrogens with two attached hydrogens (primary N) is 1. The molecule has 0 radical (unpaired) electrons. The highest BCUT2D eigenvalue weighted by Crippen LogP contribution is 2.13. The van der Waals surface area contributed by atoms with Crippen LogP contribution in [0, 0.1) is 5.92 Å². The van der Waals surface area contributed by atoms with Crippen LogP contribution in [0.3, 0.4) is 0 Å². The number of imide groups is 1. The van der Waals surface area contributed by atoms with E-state index in [4.69, 9.17) is 10.5 Å². The first-order chi connectivity index (χ1) is 21.4. The van der Waals surface area contributed by atoms with Crippen LogP contribution < -0.4 is 27.0 Å². The number of nitrogens with one attached hydrogen (secondary N) is 4. The van der Waals surface area contributed by atoms with E-state index in [0.29, 0.717) is 31.4 Å². The first-order valence-corrected chi connectivity index (χ1v) is 14.7. The minimum Gasteiger partial charge on any atom is -0.461 e. The van der Waals surface area contributed by atoms with Crippen LogP contribution in [0.4, 0.5) is 10.5 Å². The van der Waals surface area contributed by atoms with Crippen molar-refractivity contribution in [2.24, 2.45) is 11.7 Å². The van der Waals surface area contributed by atoms with Crippen LogP contribution in [0.25, 0.3) is 0 Å². The monoisotopic (exact) mass is 626 g/mol. The number of carbonyl (C=O) groups excluding carboxylic acids is 7. The second-order valence-corrected chi connectivity index (χ2v) is 10.7. The summed E-state index contributed by atoms with van der Waals surface area (Å²) in [6.07, 6.45) is 7.68. The Balaban J connectivity index is 1.97. The van der Waals surface area contributed by atoms with Gasteiger partial charge in [-0.2, -0.15) is 0 Å². The van der Waals surface area contributed by atoms with Gasteiger partial charge in [-0.05, 0) is 42.9 Å². The summed E-state index contributed by atoms with van der Waals surface area (Å²) < 4.78 is 4.96. The molecule has 0 fully saturated rings. The van der Waals surface area contributed by atoms with Crippen molar-refractivity contribution < 1.29 is 38.3 Å². The minimum absolute atomic E-state index is 0.0883. The van der Waals surface area contributed by atoms with Gasteiger partial charge in [0.05, 0.1) is 0 Å². The van der Waals surface area contributed by atoms with Crippen molar-refractivity contribution in [3.63, 3.8) is 0 Å². The third-order valence-corrected chi connectivity index (χ3v) is 6.63. The third kappa shape index (κ3) is 13.4. The van der Waals surface area contributed by atoms with Crippen LogP contribution >= 0.6 is 0 Å². The Bertz CT molecular complexity index is 1270. The zero-order valence-corrected chi connectivity index (χ0v) is 25.8. The maximum absolute atomic E-state index is 13.3. The van der Waals surface area contributed by atoms with Crippen molar-refractivity contribution in [1.29, 1.82) is 0 Å². The first kappa shape index (κ1) is 36.2. The average molecular weight is 627 g/mol. The van der Waals surface area contributed by atoms with Gasteiger partial charge in [-0.1, -0.05) is 44.6 Å². The van der Waals surface area contributed by atoms with E-state index in [0.717, 1.165) is 10.5 Å². The van der Waals surface area contributed by atoms with Gasteiger partial charge in [0.15, 0.2) is 0 Å². The van der Waals surface area contributed by atoms with Crippen molar-refractivity contribution >= 4 is 47.2 Å². The fourth-order valence-electron chi connectivity index (χ4n) is 4.21. The van der Waals surface area contributed by atoms with Crippen molar-refractivity contribution in [3.05, 3.63) is 54.1 Å². The Morgan fingerprint density at radius 2 is 1.60 bits per heavy atom. The molecule has 2 rings (SSSR count). The Morgan fingerprint density at radius 3 is 2.20 bits per heavy atom. The molecule has 0 saturated carbocycles. The van der Waals surface area contributed by atoms with E-state index in [9.17, 15) is 33.6 Å². The lowest BCUT2D eigenvalue weighted by molar-refractivity contribution is -0.142. The molecule has 0 bridgehead atoms. The number of esters is 1. The van der Waals surface area contributed by atoms with Gasteiger partial charge in [0.2, 0.25) is 11.8 Å². The zero-order valence-electron chi connectivity index (χ0n) is 25.8. The molecule has 0 aliphatic carbocycles. The maximum Gasteiger partial charge on any atom is 0.312 e. The van der Waals surface area contributed by atoms with Gasteiger partial charge in [-0.25, -0.2) is 4.79 Å². The molecule has 244 valence electrons. The molecule has 14 nitrogen and oxygen atoms in total. The molecule has 1 heterocycles. The first-order valence-electron chi connectivity index (χ1n) is 14.7. The van der Waals surface area contributed by atoms with Crippen LogP contribution in [0.1, 0.15) is 58.4 Å². The zero-order chi connectivity index (χ0) is 33.4. The minimum atomic E-state index is -1.12. The smallest absolute Gasteiger partial charge is 0.312 e. The summed E-state index contributed by atoms with van der Waals surface area (Å²) in [6.45, 7) is 5.42. The second-order valence-electron chi connectivity index (χ2n) is 10.7. The largest absolute Gasteiger partial charge is 0.461 e. The summed E-state index contributed by atoms with van der Waals surface area (Å²) in [7, 11) is 0. The van der Waals surface area contributed by atoms with Crippen molar-refractivity contribution in [2.45, 2.75) is 71.6 Å². The normalized spacial score (nSPS) is 13.9. The summed E-state index contributed by atoms with van der Waals surface area (Å²) >= 11 is 0. The number of nitrogens with zero attached hydrogens (tertiary/aromatic N) is 1. The van der Waals surface area contributed by atoms with E-state index in [-0.39, 0.29) is 49.8 Å². The summed E-state index contributed by atoms with van der Waals surface area (Å²) in [5.74, 6) is -2.86. The van der Waals surface area contributed by atoms with Crippen LogP contribution in [0.2, 0.25) is 0 Å². The van der Waals surface area contributed by atoms with Crippen molar-refractivity contribution in [2.75, 3.05) is 18.4 Å². The number of hydrogen-bond acceptors (Lipinski definition) is 8. The van der Waals surface area contributed by atoms with Gasteiger partial charge >= 0.3 is 12.0 Å². The molecule has 1 aliphatic rings. The molecule has 1 aromatic rings. The number of anilines is 1. The van der Waals surface area contributed by atoms with Gasteiger partial charge in [0, 0.05) is 44.3 Å². The number of ether oxygens (including phenoxy) is 1. The van der Waals surface area contributed by atoms with E-state index in [2.05, 4.69) is 21.3 Å². The standard InChI is InChI=1S/C31H42N6O8/c1-20(2)28(36-25(39)10-5-4-8-18-37-26(40)15-16-27(37)41)30(43)35-24(9-6-7-17-33-31(32)44)29(42)34-23-13-11-22(12-14-23)19-45-21(3)38/h6,9,11-16,20,24,28H,4-5,7-8,10,17-19H2,1-3H3,(H,34,42)(H,35,43)(H,36,39)(H3,32,33,44)/b9-6+/t24?,28-/m0/s1. The van der Waals surface area contributed by atoms with Crippen LogP contribution in [-0.4, -0.2) is 71.6 Å². The Morgan fingerprint density at radius 1 is 0.933 bits per heavy atom. The van der Waals surface area contributed by atoms with Gasteiger partial charge in [0.25, 0.3) is 17.7 Å². The Hall–Kier alpha value is -5.01. The Kier molecular flexibility index (Phi) is 15.0. The van der Waals surface area contributed by atoms with Crippen LogP contribution in [0.5, 0.6) is 0 Å². The molecule has 0 spiro atoms. The number of benzene rings is 1. The molecule has 0 aromatic heterocycles. The Labute approximate surface area is 262 Å². The van der Waals surface area contributed by atoms with Crippen LogP contribution in [-0.2, 0) is 40.1 Å². The van der Waals surface area contributed by atoms with Gasteiger partial charge < -0.3 is 31.7 Å². The van der Waals surface area contributed by atoms with E-state index < -0.39 is 35.9 Å². The van der Waals surface area contributed by atoms with Gasteiger partial charge in [-0.15, -0.1) is 0 Å². The van der Waals surface area contributed by atoms with Crippen molar-refractivity contribution in [1.82, 2.24) is 20.9 Å². The summed E-state index contributed by atoms with van der Waals surface area (Å²) in [4.78, 5) is 85.6. The molecule has 0 saturated heterocycles. The van der Waals surface area contributed by atoms with E-state index in [1.54, 1.807) is 44.2 Å². The number of hydrogen-bond donors (Lipinski definition) is 5. The van der Waals surface area contributed by atoms with E-state index in [1.165, 1.54) is 25.2 Å². The number of amides is 7. The van der Waals surface area contributed by atoms with Gasteiger partial charge in [-0.3, -0.25) is 33.7 Å². The number of unbranched alkanes of at least 4 members (excludes halogenated alkanes) is 2. The van der Waals surface area contributed by atoms with Gasteiger partial charge in [0.1, 0.15) is 18.7 Å². The number of rotatable bonds is 18. The van der Waals surface area contributed by atoms with E-state index >= 15 is 0 Å². The quantitative estimate of drug-likeness (QED) is 0.0695. The molecular formula is C31H42N6O8. The molecule has 45 heavy (non-hydrogen) atoms. The highest BCUT2D eigenvalue weighted by atomic mass is 16.5. The molecule has 2 atom stereocenters. The molecule has 1 aromatic carbocycles. The fraction of sp³-hybridized carbons (Fsp3) is 0.452. The third-order valence-electron chi connectivity index (χ3n) is 6.63. The van der Waals surface area contributed by atoms with E-state index in [1.807, 2.05) is 0 Å². The molecule has 14 heteroatoms. The highest BCUT2D eigenvalue weighted by Gasteiger charge is 2.28. The number of carbonyl (C=O) groups is 7. The SMILES string of the molecule is CC(=O)OCc1ccc(NC(=O)C(/C=C/CCNC(N)=O)NC(=O)[C@@H](NC(=O)CCCCCN2C(=O)C=CC2=O)C(C)C)cc1. The molecule has 7 amide bonds. The average Bonchev–Trinajstić information content (AvgIpc) is 3.30. The summed E-state index contributed by atoms with van der Waals surface area (Å²) in [5.41, 5.74) is 6.24. The summed E-state index contributed by atoms with van der Waals surface area (Å²) in [6, 6.07) is 3.90. The predicted molar refractivity (Wildman–Crippen MR) is 165 cm³/mol. The lowest BCUT2D eigenvalue weighted by Gasteiger charge is -2.24. The lowest BCUT2D eigenvalue weighted by atomic mass is 10.0. The van der Waals surface area contributed by atoms with Crippen LogP contribution in [0.15, 0.2) is 48.6 Å². The predicted octanol–water partition coefficient (Wildman–Crippen LogP) is 1.41. The highest BCUT2D eigenvalue weighted by molar-refractivity contribution is 6.12. The molecule has 1 aliphatic heterocycles. The lowest BCUT2D eigenvalue weighted by Crippen LogP contribution is -2.54.